The van der Waals surface area contributed by atoms with Crippen molar-refractivity contribution in [2.45, 2.75) is 19.9 Å². The van der Waals surface area contributed by atoms with Gasteiger partial charge in [-0.05, 0) is 87.2 Å². The molecule has 0 N–H and O–H groups in total. The summed E-state index contributed by atoms with van der Waals surface area (Å²) in [7, 11) is 0. The van der Waals surface area contributed by atoms with Gasteiger partial charge < -0.3 is 9.47 Å². The second-order valence-corrected chi connectivity index (χ2v) is 11.4. The molecule has 0 bridgehead atoms. The lowest BCUT2D eigenvalue weighted by molar-refractivity contribution is -0.138. The molecule has 0 spiro atoms. The number of hydrogen-bond donors (Lipinski definition) is 0. The van der Waals surface area contributed by atoms with Gasteiger partial charge in [-0.2, -0.15) is 0 Å². The maximum Gasteiger partial charge on any atom is 0.338 e. The molecule has 0 saturated heterocycles. The van der Waals surface area contributed by atoms with Gasteiger partial charge in [0.1, 0.15) is 11.6 Å². The van der Waals surface area contributed by atoms with Gasteiger partial charge in [0, 0.05) is 5.56 Å². The fourth-order valence-electron chi connectivity index (χ4n) is 4.50. The molecular weight excluding hydrogens is 663 g/mol. The number of nitrogens with zero attached hydrogens (tertiary/aromatic N) is 2. The topological polar surface area (TPSA) is 69.9 Å². The third kappa shape index (κ3) is 5.48. The van der Waals surface area contributed by atoms with Gasteiger partial charge in [-0.3, -0.25) is 9.36 Å². The van der Waals surface area contributed by atoms with Crippen LogP contribution in [0.5, 0.6) is 5.75 Å². The number of rotatable bonds is 7. The minimum Gasteiger partial charge on any atom is -0.492 e. The Labute approximate surface area is 250 Å². The zero-order valence-corrected chi connectivity index (χ0v) is 25.5. The van der Waals surface area contributed by atoms with E-state index in [0.29, 0.717) is 38.5 Å². The average Bonchev–Trinajstić information content (AvgIpc) is 3.25. The zero-order valence-electron chi connectivity index (χ0n) is 21.5. The molecule has 5 rings (SSSR count). The molecule has 0 fully saturated rings. The second kappa shape index (κ2) is 12.0. The Balaban J connectivity index is 1.79. The number of carbonyl (C=O) groups excluding carboxylic acids is 1. The van der Waals surface area contributed by atoms with Crippen molar-refractivity contribution in [1.29, 1.82) is 0 Å². The van der Waals surface area contributed by atoms with E-state index in [0.717, 1.165) is 14.5 Å². The Morgan fingerprint density at radius 2 is 1.73 bits per heavy atom. The minimum atomic E-state index is -0.868. The molecule has 1 atom stereocenters. The molecule has 204 valence electrons. The lowest BCUT2D eigenvalue weighted by atomic mass is 9.93. The van der Waals surface area contributed by atoms with E-state index in [9.17, 15) is 14.0 Å². The second-order valence-electron chi connectivity index (χ2n) is 8.73. The summed E-state index contributed by atoms with van der Waals surface area (Å²) < 4.78 is 28.4. The third-order valence-electron chi connectivity index (χ3n) is 6.17. The number of carbonyl (C=O) groups is 1. The molecule has 40 heavy (non-hydrogen) atoms. The molecule has 1 aromatic heterocycles. The van der Waals surface area contributed by atoms with Crippen LogP contribution in [0.4, 0.5) is 4.39 Å². The molecule has 4 aromatic rings. The summed E-state index contributed by atoms with van der Waals surface area (Å²) in [5, 5.41) is 0. The highest BCUT2D eigenvalue weighted by Crippen LogP contribution is 2.36. The standard InChI is InChI=1S/C30H23Br2FN2O4S/c1-3-38-27-21(31)14-17(15-22(27)32)16-23-28(36)35-26(19-10-12-20(33)13-11-19)24(29(37)39-4-2)25(34-30(35)40-23)18-8-6-5-7-9-18/h5-16,26H,3-4H2,1-2H3/b23-16-/t26-/m1/s1. The zero-order chi connectivity index (χ0) is 28.4. The van der Waals surface area contributed by atoms with E-state index in [2.05, 4.69) is 31.9 Å². The van der Waals surface area contributed by atoms with Crippen LogP contribution in [0.2, 0.25) is 0 Å². The number of esters is 1. The largest absolute Gasteiger partial charge is 0.492 e. The van der Waals surface area contributed by atoms with E-state index < -0.39 is 17.8 Å². The van der Waals surface area contributed by atoms with Crippen LogP contribution < -0.4 is 19.6 Å². The highest BCUT2D eigenvalue weighted by atomic mass is 79.9. The molecule has 10 heteroatoms. The van der Waals surface area contributed by atoms with Gasteiger partial charge in [0.2, 0.25) is 0 Å². The first-order valence-corrected chi connectivity index (χ1v) is 14.9. The number of ether oxygens (including phenoxy) is 2. The Morgan fingerprint density at radius 1 is 1.05 bits per heavy atom. The predicted octanol–water partition coefficient (Wildman–Crippen LogP) is 6.00. The Bertz CT molecular complexity index is 1780. The van der Waals surface area contributed by atoms with E-state index in [4.69, 9.17) is 14.5 Å². The smallest absolute Gasteiger partial charge is 0.338 e. The van der Waals surface area contributed by atoms with Crippen molar-refractivity contribution in [1.82, 2.24) is 4.57 Å². The molecular formula is C30H23Br2FN2O4S. The first-order valence-electron chi connectivity index (χ1n) is 12.5. The van der Waals surface area contributed by atoms with Crippen LogP contribution in [-0.4, -0.2) is 23.8 Å². The van der Waals surface area contributed by atoms with E-state index in [1.165, 1.54) is 28.0 Å². The maximum absolute atomic E-state index is 14.0. The van der Waals surface area contributed by atoms with Crippen LogP contribution in [0.25, 0.3) is 11.8 Å². The number of halogens is 3. The maximum atomic E-state index is 14.0. The lowest BCUT2D eigenvalue weighted by Crippen LogP contribution is -2.40. The van der Waals surface area contributed by atoms with Gasteiger partial charge in [0.05, 0.1) is 44.0 Å². The molecule has 0 aliphatic carbocycles. The van der Waals surface area contributed by atoms with Crippen LogP contribution in [0, 0.1) is 5.82 Å². The normalized spacial score (nSPS) is 15.0. The first kappa shape index (κ1) is 28.2. The van der Waals surface area contributed by atoms with Crippen molar-refractivity contribution in [3.8, 4) is 5.75 Å². The minimum absolute atomic E-state index is 0.145. The summed E-state index contributed by atoms with van der Waals surface area (Å²) in [6.07, 6.45) is 1.77. The van der Waals surface area contributed by atoms with Crippen LogP contribution in [0.1, 0.15) is 36.6 Å². The quantitative estimate of drug-likeness (QED) is 0.224. The Hall–Kier alpha value is -3.34. The fourth-order valence-corrected chi connectivity index (χ4v) is 6.95. The summed E-state index contributed by atoms with van der Waals surface area (Å²) in [6.45, 7) is 4.27. The molecule has 6 nitrogen and oxygen atoms in total. The number of thiazole rings is 1. The number of benzene rings is 3. The van der Waals surface area contributed by atoms with Gasteiger partial charge in [-0.1, -0.05) is 53.8 Å². The van der Waals surface area contributed by atoms with Crippen molar-refractivity contribution >= 4 is 60.9 Å². The fraction of sp³-hybridized carbons (Fsp3) is 0.167. The molecule has 2 heterocycles. The molecule has 3 aromatic carbocycles. The summed E-state index contributed by atoms with van der Waals surface area (Å²) in [4.78, 5) is 32.7. The third-order valence-corrected chi connectivity index (χ3v) is 8.33. The van der Waals surface area contributed by atoms with Crippen molar-refractivity contribution < 1.29 is 18.7 Å². The first-order chi connectivity index (χ1) is 19.3. The van der Waals surface area contributed by atoms with Gasteiger partial charge in [-0.15, -0.1) is 0 Å². The van der Waals surface area contributed by atoms with E-state index >= 15 is 0 Å². The predicted molar refractivity (Wildman–Crippen MR) is 160 cm³/mol. The molecule has 1 aliphatic rings. The van der Waals surface area contributed by atoms with E-state index in [1.54, 1.807) is 25.1 Å². The lowest BCUT2D eigenvalue weighted by Gasteiger charge is -2.25. The summed E-state index contributed by atoms with van der Waals surface area (Å²) in [6, 6.07) is 17.9. The van der Waals surface area contributed by atoms with Crippen LogP contribution >= 0.6 is 43.2 Å². The summed E-state index contributed by atoms with van der Waals surface area (Å²) >= 11 is 8.30. The monoisotopic (exact) mass is 684 g/mol. The number of hydrogen-bond acceptors (Lipinski definition) is 6. The highest BCUT2D eigenvalue weighted by molar-refractivity contribution is 9.11. The van der Waals surface area contributed by atoms with Crippen LogP contribution in [-0.2, 0) is 9.53 Å². The number of aromatic nitrogens is 1. The van der Waals surface area contributed by atoms with Crippen molar-refractivity contribution in [2.75, 3.05) is 13.2 Å². The van der Waals surface area contributed by atoms with E-state index in [-0.39, 0.29) is 17.7 Å². The molecule has 0 unspecified atom stereocenters. The van der Waals surface area contributed by atoms with Gasteiger partial charge >= 0.3 is 5.97 Å². The summed E-state index contributed by atoms with van der Waals surface area (Å²) in [5.41, 5.74) is 2.33. The van der Waals surface area contributed by atoms with Gasteiger partial charge in [0.25, 0.3) is 5.56 Å². The average molecular weight is 686 g/mol. The molecule has 0 saturated carbocycles. The van der Waals surface area contributed by atoms with Gasteiger partial charge in [-0.25, -0.2) is 14.2 Å². The Morgan fingerprint density at radius 3 is 2.35 bits per heavy atom. The van der Waals surface area contributed by atoms with E-state index in [1.807, 2.05) is 49.4 Å². The van der Waals surface area contributed by atoms with Crippen molar-refractivity contribution in [2.24, 2.45) is 4.99 Å². The van der Waals surface area contributed by atoms with Crippen LogP contribution in [0.15, 0.2) is 91.0 Å². The number of fused-ring (bicyclic) bond motifs is 1. The highest BCUT2D eigenvalue weighted by Gasteiger charge is 2.35. The molecule has 0 amide bonds. The van der Waals surface area contributed by atoms with Crippen LogP contribution in [0.3, 0.4) is 0 Å². The van der Waals surface area contributed by atoms with Crippen molar-refractivity contribution in [3.05, 3.63) is 123 Å². The summed E-state index contributed by atoms with van der Waals surface area (Å²) in [5.74, 6) is -0.343. The van der Waals surface area contributed by atoms with Crippen molar-refractivity contribution in [3.63, 3.8) is 0 Å². The molecule has 0 radical (unpaired) electrons. The molecule has 1 aliphatic heterocycles. The van der Waals surface area contributed by atoms with Gasteiger partial charge in [0.15, 0.2) is 4.80 Å². The SMILES string of the molecule is CCOC(=O)C1=C(c2ccccc2)N=c2s/c(=C\c3cc(Br)c(OCC)c(Br)c3)c(=O)n2[C@@H]1c1ccc(F)cc1. The Kier molecular flexibility index (Phi) is 8.48.